The summed E-state index contributed by atoms with van der Waals surface area (Å²) in [7, 11) is 4.35. The molecule has 0 unspecified atom stereocenters. The van der Waals surface area contributed by atoms with Crippen LogP contribution in [0.3, 0.4) is 0 Å². The monoisotopic (exact) mass is 408 g/mol. The van der Waals surface area contributed by atoms with Crippen LogP contribution in [0.25, 0.3) is 0 Å². The highest BCUT2D eigenvalue weighted by Gasteiger charge is 2.33. The highest BCUT2D eigenvalue weighted by molar-refractivity contribution is 5.95. The summed E-state index contributed by atoms with van der Waals surface area (Å²) in [4.78, 5) is 24.8. The van der Waals surface area contributed by atoms with E-state index >= 15 is 0 Å². The number of carbonyl (C=O) groups is 2. The van der Waals surface area contributed by atoms with Gasteiger partial charge in [0.25, 0.3) is 0 Å². The molecule has 3 atom stereocenters. The van der Waals surface area contributed by atoms with Crippen molar-refractivity contribution < 1.29 is 33.3 Å². The third-order valence-corrected chi connectivity index (χ3v) is 5.49. The number of hydrogen-bond donors (Lipinski definition) is 0. The van der Waals surface area contributed by atoms with Crippen molar-refractivity contribution >= 4 is 11.9 Å². The lowest BCUT2D eigenvalue weighted by Crippen LogP contribution is -2.36. The van der Waals surface area contributed by atoms with E-state index in [-0.39, 0.29) is 23.2 Å². The number of carbonyl (C=O) groups excluding carboxylic acids is 2. The average molecular weight is 408 g/mol. The van der Waals surface area contributed by atoms with E-state index in [9.17, 15) is 9.59 Å². The summed E-state index contributed by atoms with van der Waals surface area (Å²) in [6.45, 7) is 6.00. The van der Waals surface area contributed by atoms with Gasteiger partial charge in [0.15, 0.2) is 18.1 Å². The third kappa shape index (κ3) is 5.55. The molecule has 0 radical (unpaired) electrons. The average Bonchev–Trinajstić information content (AvgIpc) is 2.70. The second-order valence-electron chi connectivity index (χ2n) is 7.81. The summed E-state index contributed by atoms with van der Waals surface area (Å²) in [6.07, 6.45) is 2.89. The maximum atomic E-state index is 12.5. The maximum Gasteiger partial charge on any atom is 0.344 e. The van der Waals surface area contributed by atoms with Crippen molar-refractivity contribution in [2.45, 2.75) is 46.1 Å². The lowest BCUT2D eigenvalue weighted by Gasteiger charge is -2.36. The molecule has 0 N–H and O–H groups in total. The van der Waals surface area contributed by atoms with Crippen molar-refractivity contribution in [2.75, 3.05) is 27.9 Å². The topological polar surface area (TPSA) is 80.3 Å². The molecule has 7 heteroatoms. The largest absolute Gasteiger partial charge is 0.493 e. The Morgan fingerprint density at radius 2 is 1.72 bits per heavy atom. The normalized spacial score (nSPS) is 21.4. The maximum absolute atomic E-state index is 12.5. The SMILES string of the molecule is COc1ccc(C(=O)OCC(=O)O[C@@H]2C[C@H](C)CC[C@H]2C(C)C)c(OC)c1OC. The first-order chi connectivity index (χ1) is 13.8. The van der Waals surface area contributed by atoms with E-state index < -0.39 is 18.5 Å². The molecule has 0 amide bonds. The van der Waals surface area contributed by atoms with Gasteiger partial charge in [-0.3, -0.25) is 0 Å². The quantitative estimate of drug-likeness (QED) is 0.604. The van der Waals surface area contributed by atoms with E-state index in [4.69, 9.17) is 23.7 Å². The minimum atomic E-state index is -0.697. The van der Waals surface area contributed by atoms with Crippen LogP contribution in [0.4, 0.5) is 0 Å². The molecule has 1 aromatic rings. The molecule has 0 heterocycles. The Morgan fingerprint density at radius 3 is 2.31 bits per heavy atom. The van der Waals surface area contributed by atoms with Crippen molar-refractivity contribution in [3.8, 4) is 17.2 Å². The van der Waals surface area contributed by atoms with Gasteiger partial charge in [-0.2, -0.15) is 0 Å². The fourth-order valence-corrected chi connectivity index (χ4v) is 3.92. The van der Waals surface area contributed by atoms with E-state index in [2.05, 4.69) is 20.8 Å². The smallest absolute Gasteiger partial charge is 0.344 e. The molecule has 0 spiro atoms. The van der Waals surface area contributed by atoms with E-state index in [0.29, 0.717) is 23.5 Å². The Kier molecular flexibility index (Phi) is 8.17. The lowest BCUT2D eigenvalue weighted by atomic mass is 9.75. The third-order valence-electron chi connectivity index (χ3n) is 5.49. The van der Waals surface area contributed by atoms with Crippen LogP contribution in [0, 0.1) is 17.8 Å². The first-order valence-electron chi connectivity index (χ1n) is 9.97. The van der Waals surface area contributed by atoms with Crippen molar-refractivity contribution in [3.63, 3.8) is 0 Å². The standard InChI is InChI=1S/C22H32O7/c1-13(2)15-8-7-14(3)11-18(15)29-19(23)12-28-22(24)16-9-10-17(25-4)21(27-6)20(16)26-5/h9-10,13-15,18H,7-8,11-12H2,1-6H3/t14-,15+,18-/m1/s1. The Hall–Kier alpha value is -2.44. The molecule has 1 aliphatic carbocycles. The van der Waals surface area contributed by atoms with Crippen molar-refractivity contribution in [1.29, 1.82) is 0 Å². The van der Waals surface area contributed by atoms with Crippen LogP contribution in [0.15, 0.2) is 12.1 Å². The first-order valence-corrected chi connectivity index (χ1v) is 9.97. The minimum absolute atomic E-state index is 0.138. The number of methoxy groups -OCH3 is 3. The van der Waals surface area contributed by atoms with E-state index in [1.807, 2.05) is 0 Å². The molecule has 1 fully saturated rings. The second kappa shape index (κ2) is 10.4. The lowest BCUT2D eigenvalue weighted by molar-refractivity contribution is -0.159. The summed E-state index contributed by atoms with van der Waals surface area (Å²) in [5, 5.41) is 0. The van der Waals surface area contributed by atoms with Gasteiger partial charge in [-0.15, -0.1) is 0 Å². The van der Waals surface area contributed by atoms with Crippen LogP contribution in [0.2, 0.25) is 0 Å². The number of rotatable bonds is 8. The molecule has 0 bridgehead atoms. The van der Waals surface area contributed by atoms with E-state index in [1.54, 1.807) is 6.07 Å². The zero-order valence-corrected chi connectivity index (χ0v) is 18.2. The summed E-state index contributed by atoms with van der Waals surface area (Å²) in [6, 6.07) is 3.08. The fraction of sp³-hybridized carbons (Fsp3) is 0.636. The number of hydrogen-bond acceptors (Lipinski definition) is 7. The predicted octanol–water partition coefficient (Wildman–Crippen LogP) is 3.87. The highest BCUT2D eigenvalue weighted by atomic mass is 16.6. The summed E-state index contributed by atoms with van der Waals surface area (Å²) >= 11 is 0. The minimum Gasteiger partial charge on any atom is -0.493 e. The molecule has 7 nitrogen and oxygen atoms in total. The van der Waals surface area contributed by atoms with E-state index in [0.717, 1.165) is 19.3 Å². The van der Waals surface area contributed by atoms with Gasteiger partial charge in [0.05, 0.1) is 21.3 Å². The molecule has 1 saturated carbocycles. The van der Waals surface area contributed by atoms with Crippen LogP contribution in [0.5, 0.6) is 17.2 Å². The second-order valence-corrected chi connectivity index (χ2v) is 7.81. The number of esters is 2. The molecule has 29 heavy (non-hydrogen) atoms. The number of benzene rings is 1. The highest BCUT2D eigenvalue weighted by Crippen LogP contribution is 2.40. The van der Waals surface area contributed by atoms with Crippen molar-refractivity contribution in [3.05, 3.63) is 17.7 Å². The molecular weight excluding hydrogens is 376 g/mol. The van der Waals surface area contributed by atoms with Gasteiger partial charge in [-0.25, -0.2) is 9.59 Å². The first kappa shape index (κ1) is 22.8. The van der Waals surface area contributed by atoms with E-state index in [1.165, 1.54) is 27.4 Å². The fourth-order valence-electron chi connectivity index (χ4n) is 3.92. The van der Waals surface area contributed by atoms with Gasteiger partial charge in [0, 0.05) is 0 Å². The Bertz CT molecular complexity index is 713. The zero-order valence-electron chi connectivity index (χ0n) is 18.2. The molecule has 0 aromatic heterocycles. The van der Waals surface area contributed by atoms with Crippen molar-refractivity contribution in [1.82, 2.24) is 0 Å². The molecule has 162 valence electrons. The van der Waals surface area contributed by atoms with Crippen LogP contribution < -0.4 is 14.2 Å². The molecule has 0 saturated heterocycles. The molecule has 1 aliphatic rings. The molecule has 2 rings (SSSR count). The Morgan fingerprint density at radius 1 is 1.03 bits per heavy atom. The van der Waals surface area contributed by atoms with Crippen LogP contribution in [-0.4, -0.2) is 46.0 Å². The zero-order chi connectivity index (χ0) is 21.6. The molecule has 0 aliphatic heterocycles. The summed E-state index contributed by atoms with van der Waals surface area (Å²) < 4.78 is 26.6. The van der Waals surface area contributed by atoms with Crippen LogP contribution in [-0.2, 0) is 14.3 Å². The predicted molar refractivity (Wildman–Crippen MR) is 108 cm³/mol. The number of ether oxygens (including phenoxy) is 5. The van der Waals surface area contributed by atoms with Gasteiger partial charge in [-0.1, -0.05) is 27.2 Å². The van der Waals surface area contributed by atoms with Crippen LogP contribution >= 0.6 is 0 Å². The van der Waals surface area contributed by atoms with Gasteiger partial charge >= 0.3 is 11.9 Å². The van der Waals surface area contributed by atoms with Gasteiger partial charge < -0.3 is 23.7 Å². The Balaban J connectivity index is 2.02. The van der Waals surface area contributed by atoms with Gasteiger partial charge in [-0.05, 0) is 42.7 Å². The summed E-state index contributed by atoms with van der Waals surface area (Å²) in [5.41, 5.74) is 0.143. The van der Waals surface area contributed by atoms with Gasteiger partial charge in [0.1, 0.15) is 11.7 Å². The molecular formula is C22H32O7. The van der Waals surface area contributed by atoms with Crippen molar-refractivity contribution in [2.24, 2.45) is 17.8 Å². The van der Waals surface area contributed by atoms with Crippen LogP contribution in [0.1, 0.15) is 50.4 Å². The molecule has 1 aromatic carbocycles. The summed E-state index contributed by atoms with van der Waals surface area (Å²) in [5.74, 6) is 0.928. The Labute approximate surface area is 172 Å². The van der Waals surface area contributed by atoms with Gasteiger partial charge in [0.2, 0.25) is 5.75 Å².